The van der Waals surface area contributed by atoms with Gasteiger partial charge in [0.1, 0.15) is 13.2 Å². The molecule has 2 amide bonds. The van der Waals surface area contributed by atoms with Crippen LogP contribution in [-0.4, -0.2) is 55.6 Å². The number of halogens is 1. The molecule has 152 valence electrons. The second-order valence-electron chi connectivity index (χ2n) is 8.14. The maximum atomic E-state index is 13.0. The molecule has 28 heavy (non-hydrogen) atoms. The maximum absolute atomic E-state index is 13.0. The lowest BCUT2D eigenvalue weighted by atomic mass is 9.98. The molecule has 4 aliphatic rings. The van der Waals surface area contributed by atoms with Crippen LogP contribution in [0.15, 0.2) is 18.2 Å². The molecule has 0 radical (unpaired) electrons. The molecule has 0 bridgehead atoms. The van der Waals surface area contributed by atoms with Gasteiger partial charge in [-0.3, -0.25) is 9.59 Å². The summed E-state index contributed by atoms with van der Waals surface area (Å²) >= 11 is 0. The van der Waals surface area contributed by atoms with Crippen LogP contribution in [0.25, 0.3) is 0 Å². The standard InChI is InChI=1S/C20H25N3O4.ClH/c21-16-3-1-12-9-22(11-15(12)16)20(25)13-7-19(24)23(10-13)14-2-4-17-18(8-14)27-6-5-26-17;/h2,4,8,12-13,15-16H,1,3,5-7,9-11,21H2;1H. The number of hydrogen-bond acceptors (Lipinski definition) is 5. The predicted molar refractivity (Wildman–Crippen MR) is 106 cm³/mol. The highest BCUT2D eigenvalue weighted by Gasteiger charge is 2.45. The molecular formula is C20H26ClN3O4. The Morgan fingerprint density at radius 3 is 2.64 bits per heavy atom. The number of benzene rings is 1. The van der Waals surface area contributed by atoms with E-state index in [4.69, 9.17) is 15.2 Å². The number of carbonyl (C=O) groups excluding carboxylic acids is 2. The van der Waals surface area contributed by atoms with Crippen LogP contribution in [0, 0.1) is 17.8 Å². The zero-order chi connectivity index (χ0) is 18.5. The highest BCUT2D eigenvalue weighted by Crippen LogP contribution is 2.39. The molecule has 0 aromatic heterocycles. The van der Waals surface area contributed by atoms with Gasteiger partial charge in [-0.2, -0.15) is 0 Å². The van der Waals surface area contributed by atoms with Crippen LogP contribution in [0.3, 0.4) is 0 Å². The van der Waals surface area contributed by atoms with Crippen LogP contribution in [0.1, 0.15) is 19.3 Å². The predicted octanol–water partition coefficient (Wildman–Crippen LogP) is 1.43. The van der Waals surface area contributed by atoms with Crippen LogP contribution in [0.5, 0.6) is 11.5 Å². The number of nitrogens with zero attached hydrogens (tertiary/aromatic N) is 2. The first-order valence-electron chi connectivity index (χ1n) is 9.84. The van der Waals surface area contributed by atoms with E-state index in [1.54, 1.807) is 4.90 Å². The van der Waals surface area contributed by atoms with Crippen molar-refractivity contribution in [2.24, 2.45) is 23.5 Å². The maximum Gasteiger partial charge on any atom is 0.228 e. The first-order valence-corrected chi connectivity index (χ1v) is 9.84. The van der Waals surface area contributed by atoms with Gasteiger partial charge in [0.05, 0.1) is 5.92 Å². The van der Waals surface area contributed by atoms with Gasteiger partial charge in [0.25, 0.3) is 0 Å². The van der Waals surface area contributed by atoms with E-state index in [1.165, 1.54) is 0 Å². The average Bonchev–Trinajstić information content (AvgIpc) is 3.37. The van der Waals surface area contributed by atoms with Crippen molar-refractivity contribution >= 4 is 29.9 Å². The Labute approximate surface area is 170 Å². The largest absolute Gasteiger partial charge is 0.486 e. The smallest absolute Gasteiger partial charge is 0.228 e. The van der Waals surface area contributed by atoms with Crippen molar-refractivity contribution < 1.29 is 19.1 Å². The molecule has 3 heterocycles. The second kappa shape index (κ2) is 7.44. The Morgan fingerprint density at radius 1 is 1.07 bits per heavy atom. The number of carbonyl (C=O) groups is 2. The molecule has 4 atom stereocenters. The highest BCUT2D eigenvalue weighted by atomic mass is 35.5. The van der Waals surface area contributed by atoms with Crippen molar-refractivity contribution in [3.05, 3.63) is 18.2 Å². The molecule has 1 aromatic rings. The Balaban J connectivity index is 0.00000192. The molecule has 3 aliphatic heterocycles. The summed E-state index contributed by atoms with van der Waals surface area (Å²) in [4.78, 5) is 29.2. The lowest BCUT2D eigenvalue weighted by molar-refractivity contribution is -0.135. The van der Waals surface area contributed by atoms with Crippen molar-refractivity contribution in [3.8, 4) is 11.5 Å². The molecule has 2 N–H and O–H groups in total. The van der Waals surface area contributed by atoms with E-state index < -0.39 is 0 Å². The summed E-state index contributed by atoms with van der Waals surface area (Å²) < 4.78 is 11.2. The SMILES string of the molecule is Cl.NC1CCC2CN(C(=O)C3CC(=O)N(c4ccc5c(c4)OCCO5)C3)CC12. The zero-order valence-electron chi connectivity index (χ0n) is 15.7. The summed E-state index contributed by atoms with van der Waals surface area (Å²) in [5.41, 5.74) is 6.95. The average molecular weight is 408 g/mol. The third-order valence-corrected chi connectivity index (χ3v) is 6.54. The Morgan fingerprint density at radius 2 is 1.86 bits per heavy atom. The number of nitrogens with two attached hydrogens (primary N) is 1. The number of anilines is 1. The zero-order valence-corrected chi connectivity index (χ0v) is 16.5. The molecular weight excluding hydrogens is 382 g/mol. The van der Waals surface area contributed by atoms with Gasteiger partial charge in [0.15, 0.2) is 11.5 Å². The van der Waals surface area contributed by atoms with Gasteiger partial charge < -0.3 is 25.0 Å². The van der Waals surface area contributed by atoms with Crippen LogP contribution >= 0.6 is 12.4 Å². The minimum atomic E-state index is -0.277. The molecule has 5 rings (SSSR count). The lowest BCUT2D eigenvalue weighted by Gasteiger charge is -2.23. The topological polar surface area (TPSA) is 85.1 Å². The van der Waals surface area contributed by atoms with Crippen molar-refractivity contribution in [1.82, 2.24) is 4.90 Å². The Bertz CT molecular complexity index is 789. The number of ether oxygens (including phenoxy) is 2. The highest BCUT2D eigenvalue weighted by molar-refractivity contribution is 6.00. The number of fused-ring (bicyclic) bond motifs is 2. The first-order chi connectivity index (χ1) is 13.1. The van der Waals surface area contributed by atoms with Gasteiger partial charge in [0.2, 0.25) is 11.8 Å². The summed E-state index contributed by atoms with van der Waals surface area (Å²) in [6.45, 7) is 3.01. The van der Waals surface area contributed by atoms with Crippen molar-refractivity contribution in [2.75, 3.05) is 37.7 Å². The lowest BCUT2D eigenvalue weighted by Crippen LogP contribution is -2.38. The fourth-order valence-electron chi connectivity index (χ4n) is 5.07. The quantitative estimate of drug-likeness (QED) is 0.801. The van der Waals surface area contributed by atoms with E-state index in [-0.39, 0.29) is 42.6 Å². The van der Waals surface area contributed by atoms with E-state index in [9.17, 15) is 9.59 Å². The Hall–Kier alpha value is -1.99. The number of rotatable bonds is 2. The third kappa shape index (κ3) is 3.20. The van der Waals surface area contributed by atoms with Gasteiger partial charge in [-0.05, 0) is 36.8 Å². The van der Waals surface area contributed by atoms with Gasteiger partial charge in [-0.15, -0.1) is 12.4 Å². The normalized spacial score (nSPS) is 31.0. The van der Waals surface area contributed by atoms with E-state index in [0.29, 0.717) is 43.1 Å². The first kappa shape index (κ1) is 19.3. The third-order valence-electron chi connectivity index (χ3n) is 6.54. The van der Waals surface area contributed by atoms with Crippen LogP contribution in [-0.2, 0) is 9.59 Å². The minimum Gasteiger partial charge on any atom is -0.486 e. The summed E-state index contributed by atoms with van der Waals surface area (Å²) in [6.07, 6.45) is 2.45. The minimum absolute atomic E-state index is 0. The van der Waals surface area contributed by atoms with Crippen molar-refractivity contribution in [3.63, 3.8) is 0 Å². The summed E-state index contributed by atoms with van der Waals surface area (Å²) in [5, 5.41) is 0. The Kier molecular flexibility index (Phi) is 5.14. The summed E-state index contributed by atoms with van der Waals surface area (Å²) in [7, 11) is 0. The van der Waals surface area contributed by atoms with E-state index in [0.717, 1.165) is 31.6 Å². The molecule has 8 heteroatoms. The monoisotopic (exact) mass is 407 g/mol. The molecule has 1 aliphatic carbocycles. The molecule has 7 nitrogen and oxygen atoms in total. The van der Waals surface area contributed by atoms with E-state index in [1.807, 2.05) is 23.1 Å². The summed E-state index contributed by atoms with van der Waals surface area (Å²) in [5.74, 6) is 2.13. The van der Waals surface area contributed by atoms with Gasteiger partial charge in [-0.1, -0.05) is 0 Å². The molecule has 1 saturated carbocycles. The van der Waals surface area contributed by atoms with Crippen molar-refractivity contribution in [2.45, 2.75) is 25.3 Å². The van der Waals surface area contributed by atoms with Gasteiger partial charge in [-0.25, -0.2) is 0 Å². The van der Waals surface area contributed by atoms with Gasteiger partial charge >= 0.3 is 0 Å². The molecule has 1 aromatic carbocycles. The van der Waals surface area contributed by atoms with E-state index in [2.05, 4.69) is 0 Å². The fourth-order valence-corrected chi connectivity index (χ4v) is 5.07. The van der Waals surface area contributed by atoms with Crippen LogP contribution in [0.4, 0.5) is 5.69 Å². The molecule has 2 saturated heterocycles. The van der Waals surface area contributed by atoms with Crippen LogP contribution in [0.2, 0.25) is 0 Å². The number of amides is 2. The molecule has 4 unspecified atom stereocenters. The number of hydrogen-bond donors (Lipinski definition) is 1. The fraction of sp³-hybridized carbons (Fsp3) is 0.600. The molecule has 3 fully saturated rings. The second-order valence-corrected chi connectivity index (χ2v) is 8.14. The van der Waals surface area contributed by atoms with Crippen molar-refractivity contribution in [1.29, 1.82) is 0 Å². The molecule has 0 spiro atoms. The number of likely N-dealkylation sites (tertiary alicyclic amines) is 1. The van der Waals surface area contributed by atoms with Gasteiger partial charge in [0, 0.05) is 43.9 Å². The van der Waals surface area contributed by atoms with Crippen LogP contribution < -0.4 is 20.1 Å². The van der Waals surface area contributed by atoms with E-state index >= 15 is 0 Å². The summed E-state index contributed by atoms with van der Waals surface area (Å²) in [6, 6.07) is 5.73.